The molecule has 0 aliphatic heterocycles. The molecule has 1 amide bonds. The first-order valence-corrected chi connectivity index (χ1v) is 5.57. The molecule has 19 heavy (non-hydrogen) atoms. The minimum atomic E-state index is -5.97. The molecule has 3 nitrogen and oxygen atoms in total. The summed E-state index contributed by atoms with van der Waals surface area (Å²) in [6, 6.07) is 2.74. The van der Waals surface area contributed by atoms with Crippen LogP contribution in [0.1, 0.15) is 5.56 Å². The molecule has 1 aromatic rings. The van der Waals surface area contributed by atoms with Crippen molar-refractivity contribution in [2.45, 2.75) is 19.0 Å². The Morgan fingerprint density at radius 1 is 1.26 bits per heavy atom. The summed E-state index contributed by atoms with van der Waals surface area (Å²) in [5.74, 6) is -7.99. The number of rotatable bonds is 2. The number of anilines is 2. The van der Waals surface area contributed by atoms with Gasteiger partial charge in [-0.15, -0.1) is 0 Å². The van der Waals surface area contributed by atoms with Crippen LogP contribution < -0.4 is 11.1 Å². The second-order valence-corrected chi connectivity index (χ2v) is 4.59. The fraction of sp³-hybridized carbons (Fsp3) is 0.300. The zero-order valence-corrected chi connectivity index (χ0v) is 11.0. The molecule has 0 aliphatic rings. The third-order valence-electron chi connectivity index (χ3n) is 2.14. The van der Waals surface area contributed by atoms with E-state index in [-0.39, 0.29) is 15.8 Å². The van der Waals surface area contributed by atoms with Gasteiger partial charge < -0.3 is 11.1 Å². The molecular formula is C10H8BrF5N2O. The van der Waals surface area contributed by atoms with Crippen LogP contribution in [0.15, 0.2) is 16.6 Å². The lowest BCUT2D eigenvalue weighted by molar-refractivity contribution is -0.267. The van der Waals surface area contributed by atoms with E-state index in [4.69, 9.17) is 5.73 Å². The first-order valence-electron chi connectivity index (χ1n) is 4.78. The maximum Gasteiger partial charge on any atom is 0.463 e. The van der Waals surface area contributed by atoms with E-state index in [0.717, 1.165) is 0 Å². The Hall–Kier alpha value is -1.38. The Morgan fingerprint density at radius 3 is 2.21 bits per heavy atom. The number of hydrogen-bond acceptors (Lipinski definition) is 2. The third kappa shape index (κ3) is 3.14. The molecule has 0 heterocycles. The molecule has 0 aromatic heterocycles. The Bertz CT molecular complexity index is 492. The Morgan fingerprint density at radius 2 is 1.79 bits per heavy atom. The fourth-order valence-electron chi connectivity index (χ4n) is 1.22. The van der Waals surface area contributed by atoms with Gasteiger partial charge in [-0.25, -0.2) is 0 Å². The van der Waals surface area contributed by atoms with E-state index in [0.29, 0.717) is 5.56 Å². The molecule has 0 unspecified atom stereocenters. The normalized spacial score (nSPS) is 12.4. The molecule has 0 saturated carbocycles. The summed E-state index contributed by atoms with van der Waals surface area (Å²) < 4.78 is 61.6. The summed E-state index contributed by atoms with van der Waals surface area (Å²) in [5.41, 5.74) is 5.64. The number of nitrogens with one attached hydrogen (secondary N) is 1. The Balaban J connectivity index is 3.08. The van der Waals surface area contributed by atoms with Gasteiger partial charge in [0, 0.05) is 4.47 Å². The maximum atomic E-state index is 12.8. The van der Waals surface area contributed by atoms with Gasteiger partial charge >= 0.3 is 18.0 Å². The van der Waals surface area contributed by atoms with E-state index >= 15 is 0 Å². The van der Waals surface area contributed by atoms with Gasteiger partial charge in [0.05, 0.1) is 11.4 Å². The maximum absolute atomic E-state index is 12.8. The summed E-state index contributed by atoms with van der Waals surface area (Å²) in [7, 11) is 0. The SMILES string of the molecule is Cc1cc(N)c(NC(=O)C(F)(F)C(F)(F)F)c(Br)c1. The van der Waals surface area contributed by atoms with Crippen molar-refractivity contribution in [1.82, 2.24) is 0 Å². The summed E-state index contributed by atoms with van der Waals surface area (Å²) in [4.78, 5) is 11.0. The largest absolute Gasteiger partial charge is 0.463 e. The zero-order valence-electron chi connectivity index (χ0n) is 9.41. The molecule has 0 aliphatic carbocycles. The lowest BCUT2D eigenvalue weighted by Gasteiger charge is -2.20. The van der Waals surface area contributed by atoms with Gasteiger partial charge in [-0.3, -0.25) is 4.79 Å². The van der Waals surface area contributed by atoms with Gasteiger partial charge in [0.25, 0.3) is 0 Å². The van der Waals surface area contributed by atoms with Crippen LogP contribution in [0.3, 0.4) is 0 Å². The lowest BCUT2D eigenvalue weighted by Crippen LogP contribution is -2.47. The van der Waals surface area contributed by atoms with Gasteiger partial charge in [0.1, 0.15) is 0 Å². The summed E-state index contributed by atoms with van der Waals surface area (Å²) in [6.07, 6.45) is -5.97. The molecule has 0 fully saturated rings. The topological polar surface area (TPSA) is 55.1 Å². The predicted octanol–water partition coefficient (Wildman–Crippen LogP) is 3.48. The second-order valence-electron chi connectivity index (χ2n) is 3.74. The minimum Gasteiger partial charge on any atom is -0.397 e. The molecule has 0 bridgehead atoms. The van der Waals surface area contributed by atoms with Crippen LogP contribution in [0.5, 0.6) is 0 Å². The highest BCUT2D eigenvalue weighted by Gasteiger charge is 2.63. The highest BCUT2D eigenvalue weighted by molar-refractivity contribution is 9.10. The third-order valence-corrected chi connectivity index (χ3v) is 2.77. The molecule has 9 heteroatoms. The molecule has 3 N–H and O–H groups in total. The molecule has 1 rings (SSSR count). The molecular weight excluding hydrogens is 339 g/mol. The number of alkyl halides is 5. The Labute approximate surface area is 113 Å². The number of nitrogens with two attached hydrogens (primary N) is 1. The highest BCUT2D eigenvalue weighted by Crippen LogP contribution is 2.38. The molecule has 0 saturated heterocycles. The van der Waals surface area contributed by atoms with E-state index in [1.165, 1.54) is 17.4 Å². The van der Waals surface area contributed by atoms with Crippen molar-refractivity contribution in [1.29, 1.82) is 0 Å². The van der Waals surface area contributed by atoms with E-state index in [1.807, 2.05) is 0 Å². The molecule has 1 aromatic carbocycles. The minimum absolute atomic E-state index is 0.108. The lowest BCUT2D eigenvalue weighted by atomic mass is 10.2. The van der Waals surface area contributed by atoms with Crippen molar-refractivity contribution >= 4 is 33.2 Å². The van der Waals surface area contributed by atoms with Gasteiger partial charge in [-0.05, 0) is 40.5 Å². The van der Waals surface area contributed by atoms with Crippen LogP contribution in [-0.4, -0.2) is 18.0 Å². The number of aryl methyl sites for hydroxylation is 1. The first kappa shape index (κ1) is 15.7. The number of carbonyl (C=O) groups is 1. The number of nitrogen functional groups attached to an aromatic ring is 1. The van der Waals surface area contributed by atoms with Crippen molar-refractivity contribution in [3.63, 3.8) is 0 Å². The van der Waals surface area contributed by atoms with Crippen LogP contribution in [0, 0.1) is 6.92 Å². The van der Waals surface area contributed by atoms with E-state index in [9.17, 15) is 26.7 Å². The molecule has 0 spiro atoms. The average Bonchev–Trinajstić information content (AvgIpc) is 2.21. The second kappa shape index (κ2) is 4.95. The predicted molar refractivity (Wildman–Crippen MR) is 62.9 cm³/mol. The molecule has 106 valence electrons. The first-order chi connectivity index (χ1) is 8.46. The van der Waals surface area contributed by atoms with Crippen molar-refractivity contribution in [2.75, 3.05) is 11.1 Å². The van der Waals surface area contributed by atoms with Crippen LogP contribution >= 0.6 is 15.9 Å². The van der Waals surface area contributed by atoms with Crippen molar-refractivity contribution in [3.8, 4) is 0 Å². The van der Waals surface area contributed by atoms with Crippen molar-refractivity contribution in [3.05, 3.63) is 22.2 Å². The highest BCUT2D eigenvalue weighted by atomic mass is 79.9. The van der Waals surface area contributed by atoms with Crippen LogP contribution in [0.25, 0.3) is 0 Å². The van der Waals surface area contributed by atoms with E-state index in [1.54, 1.807) is 6.92 Å². The monoisotopic (exact) mass is 346 g/mol. The van der Waals surface area contributed by atoms with Gasteiger partial charge in [-0.1, -0.05) is 0 Å². The molecule has 0 atom stereocenters. The zero-order chi connectivity index (χ0) is 15.0. The van der Waals surface area contributed by atoms with Gasteiger partial charge in [0.2, 0.25) is 0 Å². The summed E-state index contributed by atoms with van der Waals surface area (Å²) in [6.45, 7) is 1.64. The number of hydrogen-bond donors (Lipinski definition) is 2. The van der Waals surface area contributed by atoms with Gasteiger partial charge in [0.15, 0.2) is 0 Å². The number of halogens is 6. The van der Waals surface area contributed by atoms with E-state index < -0.39 is 18.0 Å². The van der Waals surface area contributed by atoms with Crippen LogP contribution in [0.4, 0.5) is 33.3 Å². The van der Waals surface area contributed by atoms with Crippen molar-refractivity contribution < 1.29 is 26.7 Å². The average molecular weight is 347 g/mol. The van der Waals surface area contributed by atoms with Crippen molar-refractivity contribution in [2.24, 2.45) is 0 Å². The van der Waals surface area contributed by atoms with E-state index in [2.05, 4.69) is 15.9 Å². The molecule has 0 radical (unpaired) electrons. The summed E-state index contributed by atoms with van der Waals surface area (Å²) in [5, 5.41) is 1.47. The Kier molecular flexibility index (Phi) is 4.08. The van der Waals surface area contributed by atoms with Crippen LogP contribution in [0.2, 0.25) is 0 Å². The number of amides is 1. The quantitative estimate of drug-likeness (QED) is 0.636. The van der Waals surface area contributed by atoms with Crippen LogP contribution in [-0.2, 0) is 4.79 Å². The fourth-order valence-corrected chi connectivity index (χ4v) is 1.91. The number of benzene rings is 1. The standard InChI is InChI=1S/C10H8BrF5N2O/c1-4-2-5(11)7(6(17)3-4)18-8(19)9(12,13)10(14,15)16/h2-3H,17H2,1H3,(H,18,19). The van der Waals surface area contributed by atoms with Gasteiger partial charge in [-0.2, -0.15) is 22.0 Å². The summed E-state index contributed by atoms with van der Waals surface area (Å²) >= 11 is 2.92. The smallest absolute Gasteiger partial charge is 0.397 e. The number of carbonyl (C=O) groups excluding carboxylic acids is 1.